The van der Waals surface area contributed by atoms with E-state index in [0.717, 1.165) is 30.5 Å². The second-order valence-electron chi connectivity index (χ2n) is 6.75. The summed E-state index contributed by atoms with van der Waals surface area (Å²) in [4.78, 5) is 6.74. The van der Waals surface area contributed by atoms with E-state index < -0.39 is 9.84 Å². The van der Waals surface area contributed by atoms with E-state index in [1.165, 1.54) is 0 Å². The molecule has 0 spiro atoms. The Kier molecular flexibility index (Phi) is 8.85. The summed E-state index contributed by atoms with van der Waals surface area (Å²) in [7, 11) is -1.21. The predicted molar refractivity (Wildman–Crippen MR) is 112 cm³/mol. The third-order valence-corrected chi connectivity index (χ3v) is 6.00. The molecule has 0 aliphatic carbocycles. The first-order valence-electron chi connectivity index (χ1n) is 9.67. The van der Waals surface area contributed by atoms with Crippen molar-refractivity contribution in [3.05, 3.63) is 24.3 Å². The number of methoxy groups -OCH3 is 1. The van der Waals surface area contributed by atoms with Gasteiger partial charge < -0.3 is 20.1 Å². The quantitative estimate of drug-likeness (QED) is 0.457. The third-order valence-electron chi connectivity index (χ3n) is 4.39. The predicted octanol–water partition coefficient (Wildman–Crippen LogP) is 0.748. The molecule has 1 aromatic carbocycles. The van der Waals surface area contributed by atoms with Gasteiger partial charge in [0.2, 0.25) is 0 Å². The highest BCUT2D eigenvalue weighted by Crippen LogP contribution is 2.19. The molecule has 28 heavy (non-hydrogen) atoms. The minimum Gasteiger partial charge on any atom is -0.497 e. The van der Waals surface area contributed by atoms with Crippen LogP contribution in [0.4, 0.5) is 0 Å². The van der Waals surface area contributed by atoms with Crippen molar-refractivity contribution < 1.29 is 17.9 Å². The smallest absolute Gasteiger partial charge is 0.191 e. The van der Waals surface area contributed by atoms with Crippen molar-refractivity contribution in [1.82, 2.24) is 15.5 Å². The fourth-order valence-corrected chi connectivity index (χ4v) is 4.09. The lowest BCUT2D eigenvalue weighted by Gasteiger charge is -2.26. The van der Waals surface area contributed by atoms with Crippen LogP contribution in [-0.2, 0) is 9.84 Å². The molecule has 2 N–H and O–H groups in total. The van der Waals surface area contributed by atoms with Crippen LogP contribution in [0.3, 0.4) is 0 Å². The molecule has 0 aromatic heterocycles. The van der Waals surface area contributed by atoms with Crippen molar-refractivity contribution in [2.45, 2.75) is 20.0 Å². The van der Waals surface area contributed by atoms with Crippen LogP contribution in [-0.4, -0.2) is 83.3 Å². The van der Waals surface area contributed by atoms with Crippen LogP contribution in [0.2, 0.25) is 0 Å². The van der Waals surface area contributed by atoms with Crippen molar-refractivity contribution in [1.29, 1.82) is 0 Å². The lowest BCUT2D eigenvalue weighted by atomic mass is 10.3. The Morgan fingerprint density at radius 2 is 1.96 bits per heavy atom. The van der Waals surface area contributed by atoms with Gasteiger partial charge >= 0.3 is 0 Å². The van der Waals surface area contributed by atoms with Gasteiger partial charge in [-0.3, -0.25) is 4.90 Å². The maximum atomic E-state index is 11.5. The van der Waals surface area contributed by atoms with Gasteiger partial charge in [-0.1, -0.05) is 6.07 Å². The Morgan fingerprint density at radius 3 is 2.64 bits per heavy atom. The summed E-state index contributed by atoms with van der Waals surface area (Å²) in [5.74, 6) is 2.74. The molecule has 1 aliphatic rings. The lowest BCUT2D eigenvalue weighted by Crippen LogP contribution is -2.46. The first kappa shape index (κ1) is 22.3. The Balaban J connectivity index is 1.77. The van der Waals surface area contributed by atoms with E-state index in [-0.39, 0.29) is 17.6 Å². The van der Waals surface area contributed by atoms with Gasteiger partial charge in [0.25, 0.3) is 0 Å². The Hall–Kier alpha value is -2.00. The zero-order valence-corrected chi connectivity index (χ0v) is 17.8. The molecule has 1 aromatic rings. The van der Waals surface area contributed by atoms with Gasteiger partial charge in [-0.15, -0.1) is 0 Å². The van der Waals surface area contributed by atoms with Gasteiger partial charge in [-0.2, -0.15) is 0 Å². The molecule has 1 aliphatic heterocycles. The minimum absolute atomic E-state index is 0.0881. The SMILES string of the molecule is CCNC(=NCC(C)Oc1cccc(OC)c1)NCCN1CCS(=O)(=O)CC1. The summed E-state index contributed by atoms with van der Waals surface area (Å²) in [5, 5.41) is 6.52. The van der Waals surface area contributed by atoms with Crippen molar-refractivity contribution >= 4 is 15.8 Å². The molecule has 1 unspecified atom stereocenters. The highest BCUT2D eigenvalue weighted by Gasteiger charge is 2.20. The molecular weight excluding hydrogens is 380 g/mol. The van der Waals surface area contributed by atoms with Crippen molar-refractivity contribution in [2.24, 2.45) is 4.99 Å². The summed E-state index contributed by atoms with van der Waals surface area (Å²) in [5.41, 5.74) is 0. The van der Waals surface area contributed by atoms with Crippen LogP contribution in [0.5, 0.6) is 11.5 Å². The number of benzene rings is 1. The van der Waals surface area contributed by atoms with Crippen LogP contribution in [0, 0.1) is 0 Å². The summed E-state index contributed by atoms with van der Waals surface area (Å²) in [6.45, 7) is 7.95. The van der Waals surface area contributed by atoms with E-state index in [1.54, 1.807) is 7.11 Å². The van der Waals surface area contributed by atoms with Crippen LogP contribution in [0.1, 0.15) is 13.8 Å². The monoisotopic (exact) mass is 412 g/mol. The Labute approximate surface area is 168 Å². The molecule has 2 rings (SSSR count). The number of nitrogens with one attached hydrogen (secondary N) is 2. The minimum atomic E-state index is -2.83. The number of rotatable bonds is 9. The fourth-order valence-electron chi connectivity index (χ4n) is 2.81. The number of nitrogens with zero attached hydrogens (tertiary/aromatic N) is 2. The van der Waals surface area contributed by atoms with Gasteiger partial charge in [-0.25, -0.2) is 13.4 Å². The molecule has 8 nitrogen and oxygen atoms in total. The molecule has 158 valence electrons. The Bertz CT molecular complexity index is 725. The van der Waals surface area contributed by atoms with E-state index in [4.69, 9.17) is 9.47 Å². The van der Waals surface area contributed by atoms with Crippen LogP contribution >= 0.6 is 0 Å². The summed E-state index contributed by atoms with van der Waals surface area (Å²) in [6.07, 6.45) is -0.0881. The normalized spacial score (nSPS) is 18.3. The lowest BCUT2D eigenvalue weighted by molar-refractivity contribution is 0.229. The molecule has 0 amide bonds. The first-order valence-corrected chi connectivity index (χ1v) is 11.5. The highest BCUT2D eigenvalue weighted by atomic mass is 32.2. The van der Waals surface area contributed by atoms with Crippen molar-refractivity contribution in [3.63, 3.8) is 0 Å². The summed E-state index contributed by atoms with van der Waals surface area (Å²) >= 11 is 0. The molecule has 1 heterocycles. The van der Waals surface area contributed by atoms with Gasteiger partial charge in [0, 0.05) is 38.8 Å². The molecule has 0 radical (unpaired) electrons. The topological polar surface area (TPSA) is 92.3 Å². The fraction of sp³-hybridized carbons (Fsp3) is 0.632. The van der Waals surface area contributed by atoms with Gasteiger partial charge in [0.1, 0.15) is 17.6 Å². The summed E-state index contributed by atoms with van der Waals surface area (Å²) in [6, 6.07) is 7.51. The van der Waals surface area contributed by atoms with Gasteiger partial charge in [-0.05, 0) is 26.0 Å². The number of hydrogen-bond acceptors (Lipinski definition) is 6. The molecular formula is C19H32N4O4S. The largest absolute Gasteiger partial charge is 0.497 e. The van der Waals surface area contributed by atoms with Gasteiger partial charge in [0.15, 0.2) is 15.8 Å². The van der Waals surface area contributed by atoms with Crippen molar-refractivity contribution in [2.75, 3.05) is 57.9 Å². The second-order valence-corrected chi connectivity index (χ2v) is 9.05. The third kappa shape index (κ3) is 7.93. The van der Waals surface area contributed by atoms with Crippen molar-refractivity contribution in [3.8, 4) is 11.5 Å². The van der Waals surface area contributed by atoms with E-state index in [0.29, 0.717) is 26.2 Å². The molecule has 1 saturated heterocycles. The average molecular weight is 413 g/mol. The molecule has 0 bridgehead atoms. The highest BCUT2D eigenvalue weighted by molar-refractivity contribution is 7.91. The van der Waals surface area contributed by atoms with E-state index >= 15 is 0 Å². The molecule has 0 saturated carbocycles. The number of sulfone groups is 1. The zero-order valence-electron chi connectivity index (χ0n) is 17.0. The second kappa shape index (κ2) is 11.1. The Morgan fingerprint density at radius 1 is 1.25 bits per heavy atom. The first-order chi connectivity index (χ1) is 13.4. The zero-order chi connectivity index (χ0) is 20.4. The summed E-state index contributed by atoms with van der Waals surface area (Å²) < 4.78 is 34.1. The average Bonchev–Trinajstić information content (AvgIpc) is 2.67. The van der Waals surface area contributed by atoms with Gasteiger partial charge in [0.05, 0.1) is 25.2 Å². The van der Waals surface area contributed by atoms with Crippen LogP contribution in [0.25, 0.3) is 0 Å². The van der Waals surface area contributed by atoms with Crippen LogP contribution in [0.15, 0.2) is 29.3 Å². The molecule has 9 heteroatoms. The van der Waals surface area contributed by atoms with Crippen LogP contribution < -0.4 is 20.1 Å². The van der Waals surface area contributed by atoms with E-state index in [2.05, 4.69) is 20.5 Å². The maximum absolute atomic E-state index is 11.5. The molecule has 1 fully saturated rings. The van der Waals surface area contributed by atoms with E-state index in [9.17, 15) is 8.42 Å². The number of guanidine groups is 1. The number of aliphatic imine (C=N–C) groups is 1. The maximum Gasteiger partial charge on any atom is 0.191 e. The molecule has 1 atom stereocenters. The standard InChI is InChI=1S/C19H32N4O4S/c1-4-20-19(21-8-9-23-10-12-28(24,25)13-11-23)22-15-16(2)27-18-7-5-6-17(14-18)26-3/h5-7,14,16H,4,8-13,15H2,1-3H3,(H2,20,21,22). The number of hydrogen-bond donors (Lipinski definition) is 2. The van der Waals surface area contributed by atoms with E-state index in [1.807, 2.05) is 38.1 Å². The number of ether oxygens (including phenoxy) is 2.